The van der Waals surface area contributed by atoms with Crippen LogP contribution in [-0.4, -0.2) is 46.9 Å². The topological polar surface area (TPSA) is 125 Å². The van der Waals surface area contributed by atoms with E-state index in [2.05, 4.69) is 26.6 Å². The first kappa shape index (κ1) is 23.4. The Labute approximate surface area is 182 Å². The van der Waals surface area contributed by atoms with Gasteiger partial charge < -0.3 is 25.6 Å². The lowest BCUT2D eigenvalue weighted by Crippen LogP contribution is -2.44. The Kier molecular flexibility index (Phi) is 9.30. The molecule has 2 rings (SSSR count). The number of carboxylic acid groups (broad SMARTS) is 1. The summed E-state index contributed by atoms with van der Waals surface area (Å²) in [5.41, 5.74) is 1.55. The van der Waals surface area contributed by atoms with Gasteiger partial charge >= 0.3 is 12.1 Å². The predicted octanol–water partition coefficient (Wildman–Crippen LogP) is 2.24. The van der Waals surface area contributed by atoms with Crippen molar-refractivity contribution in [1.82, 2.24) is 10.6 Å². The van der Waals surface area contributed by atoms with Gasteiger partial charge in [-0.3, -0.25) is 4.79 Å². The van der Waals surface area contributed by atoms with Crippen molar-refractivity contribution < 1.29 is 29.3 Å². The zero-order valence-corrected chi connectivity index (χ0v) is 17.7. The summed E-state index contributed by atoms with van der Waals surface area (Å²) in [4.78, 5) is 35.2. The summed E-state index contributed by atoms with van der Waals surface area (Å²) >= 11 is 3.31. The van der Waals surface area contributed by atoms with Gasteiger partial charge in [-0.2, -0.15) is 0 Å². The van der Waals surface area contributed by atoms with E-state index < -0.39 is 30.1 Å². The number of carbonyl (C=O) groups is 3. The van der Waals surface area contributed by atoms with Crippen molar-refractivity contribution in [2.45, 2.75) is 31.6 Å². The molecule has 0 bridgehead atoms. The first-order chi connectivity index (χ1) is 14.3. The largest absolute Gasteiger partial charge is 0.480 e. The molecule has 2 amide bonds. The van der Waals surface area contributed by atoms with E-state index in [0.29, 0.717) is 0 Å². The molecule has 0 spiro atoms. The number of ether oxygens (including phenoxy) is 1. The number of amides is 2. The number of rotatable bonds is 10. The van der Waals surface area contributed by atoms with Gasteiger partial charge in [0.05, 0.1) is 12.5 Å². The van der Waals surface area contributed by atoms with Crippen LogP contribution in [0.1, 0.15) is 17.5 Å². The molecule has 0 saturated heterocycles. The van der Waals surface area contributed by atoms with Crippen LogP contribution >= 0.6 is 15.9 Å². The van der Waals surface area contributed by atoms with Crippen molar-refractivity contribution in [1.29, 1.82) is 0 Å². The fourth-order valence-electron chi connectivity index (χ4n) is 2.61. The van der Waals surface area contributed by atoms with Gasteiger partial charge in [0.1, 0.15) is 12.6 Å². The number of hydrogen-bond donors (Lipinski definition) is 4. The van der Waals surface area contributed by atoms with Crippen molar-refractivity contribution in [3.05, 3.63) is 70.2 Å². The maximum Gasteiger partial charge on any atom is 0.407 e. The number of aliphatic hydroxyl groups excluding tert-OH is 1. The van der Waals surface area contributed by atoms with Crippen LogP contribution in [0.25, 0.3) is 0 Å². The molecule has 0 heterocycles. The summed E-state index contributed by atoms with van der Waals surface area (Å²) in [5, 5.41) is 24.1. The number of alkyl carbamates (subject to hydrolysis) is 1. The van der Waals surface area contributed by atoms with Crippen LogP contribution in [-0.2, 0) is 27.4 Å². The molecule has 0 fully saturated rings. The molecule has 0 unspecified atom stereocenters. The number of hydrogen-bond acceptors (Lipinski definition) is 5. The first-order valence-corrected chi connectivity index (χ1v) is 10.0. The van der Waals surface area contributed by atoms with E-state index in [-0.39, 0.29) is 26.0 Å². The fourth-order valence-corrected chi connectivity index (χ4v) is 3.06. The fraction of sp³-hybridized carbons (Fsp3) is 0.286. The average molecular weight is 479 g/mol. The number of aliphatic hydroxyl groups is 1. The second kappa shape index (κ2) is 11.9. The molecular weight excluding hydrogens is 456 g/mol. The third-order valence-electron chi connectivity index (χ3n) is 4.08. The third kappa shape index (κ3) is 8.62. The molecule has 160 valence electrons. The Bertz CT molecular complexity index is 862. The van der Waals surface area contributed by atoms with Crippen LogP contribution < -0.4 is 10.6 Å². The Morgan fingerprint density at radius 3 is 2.40 bits per heavy atom. The molecule has 2 aromatic carbocycles. The standard InChI is InChI=1S/C21H23BrN2O6/c22-16-8-4-7-15(9-16)10-18(20(27)28)24-19(26)11-17(25)12-23-21(29)30-13-14-5-2-1-3-6-14/h1-9,17-18,25H,10-13H2,(H,23,29)(H,24,26)(H,27,28)/t17-,18+/m0/s1. The number of nitrogens with one attached hydrogen (secondary N) is 2. The molecule has 0 radical (unpaired) electrons. The zero-order chi connectivity index (χ0) is 21.9. The molecule has 0 aliphatic rings. The molecule has 2 atom stereocenters. The molecule has 2 aromatic rings. The highest BCUT2D eigenvalue weighted by Crippen LogP contribution is 2.13. The summed E-state index contributed by atoms with van der Waals surface area (Å²) in [7, 11) is 0. The smallest absolute Gasteiger partial charge is 0.407 e. The van der Waals surface area contributed by atoms with Crippen molar-refractivity contribution in [2.75, 3.05) is 6.54 Å². The molecule has 4 N–H and O–H groups in total. The van der Waals surface area contributed by atoms with E-state index in [1.54, 1.807) is 30.3 Å². The van der Waals surface area contributed by atoms with Gasteiger partial charge in [0.25, 0.3) is 0 Å². The molecule has 0 aromatic heterocycles. The van der Waals surface area contributed by atoms with Gasteiger partial charge in [0, 0.05) is 17.4 Å². The number of carboxylic acids is 1. The second-order valence-electron chi connectivity index (χ2n) is 6.59. The van der Waals surface area contributed by atoms with Crippen LogP contribution in [0.4, 0.5) is 4.79 Å². The van der Waals surface area contributed by atoms with Crippen LogP contribution in [0.15, 0.2) is 59.1 Å². The zero-order valence-electron chi connectivity index (χ0n) is 16.1. The number of carbonyl (C=O) groups excluding carboxylic acids is 2. The van der Waals surface area contributed by atoms with E-state index in [0.717, 1.165) is 15.6 Å². The van der Waals surface area contributed by atoms with Crippen LogP contribution in [0, 0.1) is 0 Å². The van der Waals surface area contributed by atoms with Crippen molar-refractivity contribution in [2.24, 2.45) is 0 Å². The van der Waals surface area contributed by atoms with E-state index in [9.17, 15) is 24.6 Å². The maximum atomic E-state index is 12.1. The van der Waals surface area contributed by atoms with Gasteiger partial charge in [-0.1, -0.05) is 58.4 Å². The first-order valence-electron chi connectivity index (χ1n) is 9.22. The molecule has 8 nitrogen and oxygen atoms in total. The number of halogens is 1. The Morgan fingerprint density at radius 2 is 1.73 bits per heavy atom. The van der Waals surface area contributed by atoms with Crippen LogP contribution in [0.3, 0.4) is 0 Å². The molecule has 0 saturated carbocycles. The Hall–Kier alpha value is -2.91. The lowest BCUT2D eigenvalue weighted by molar-refractivity contribution is -0.142. The molecule has 0 aliphatic heterocycles. The molecule has 0 aliphatic carbocycles. The number of aliphatic carboxylic acids is 1. The molecular formula is C21H23BrN2O6. The van der Waals surface area contributed by atoms with Gasteiger partial charge in [-0.25, -0.2) is 9.59 Å². The van der Waals surface area contributed by atoms with E-state index in [1.807, 2.05) is 24.3 Å². The second-order valence-corrected chi connectivity index (χ2v) is 7.51. The SMILES string of the molecule is O=C(C[C@H](O)CNC(=O)OCc1ccccc1)N[C@H](Cc1cccc(Br)c1)C(=O)O. The van der Waals surface area contributed by atoms with Gasteiger partial charge in [-0.05, 0) is 23.3 Å². The van der Waals surface area contributed by atoms with Crippen molar-refractivity contribution in [3.63, 3.8) is 0 Å². The van der Waals surface area contributed by atoms with E-state index in [1.165, 1.54) is 0 Å². The summed E-state index contributed by atoms with van der Waals surface area (Å²) in [6, 6.07) is 15.1. The summed E-state index contributed by atoms with van der Waals surface area (Å²) in [6.45, 7) is -0.121. The van der Waals surface area contributed by atoms with Crippen molar-refractivity contribution in [3.8, 4) is 0 Å². The van der Waals surface area contributed by atoms with Crippen LogP contribution in [0.2, 0.25) is 0 Å². The lowest BCUT2D eigenvalue weighted by Gasteiger charge is -2.17. The van der Waals surface area contributed by atoms with Gasteiger partial charge in [0.15, 0.2) is 0 Å². The molecule has 30 heavy (non-hydrogen) atoms. The highest BCUT2D eigenvalue weighted by Gasteiger charge is 2.22. The Balaban J connectivity index is 1.73. The van der Waals surface area contributed by atoms with E-state index in [4.69, 9.17) is 4.74 Å². The average Bonchev–Trinajstić information content (AvgIpc) is 2.71. The van der Waals surface area contributed by atoms with Gasteiger partial charge in [-0.15, -0.1) is 0 Å². The van der Waals surface area contributed by atoms with Crippen LogP contribution in [0.5, 0.6) is 0 Å². The van der Waals surface area contributed by atoms with Gasteiger partial charge in [0.2, 0.25) is 5.91 Å². The Morgan fingerprint density at radius 1 is 1.03 bits per heavy atom. The lowest BCUT2D eigenvalue weighted by atomic mass is 10.1. The van der Waals surface area contributed by atoms with Crippen molar-refractivity contribution >= 4 is 33.9 Å². The quantitative estimate of drug-likeness (QED) is 0.414. The summed E-state index contributed by atoms with van der Waals surface area (Å²) < 4.78 is 5.81. The minimum Gasteiger partial charge on any atom is -0.480 e. The monoisotopic (exact) mass is 478 g/mol. The predicted molar refractivity (Wildman–Crippen MR) is 113 cm³/mol. The summed E-state index contributed by atoms with van der Waals surface area (Å²) in [5.74, 6) is -1.82. The minimum atomic E-state index is -1.19. The highest BCUT2D eigenvalue weighted by molar-refractivity contribution is 9.10. The minimum absolute atomic E-state index is 0.0825. The third-order valence-corrected chi connectivity index (χ3v) is 4.57. The molecule has 9 heteroatoms. The number of benzene rings is 2. The summed E-state index contributed by atoms with van der Waals surface area (Å²) in [6.07, 6.45) is -2.17. The normalized spacial score (nSPS) is 12.5. The highest BCUT2D eigenvalue weighted by atomic mass is 79.9. The maximum absolute atomic E-state index is 12.1. The van der Waals surface area contributed by atoms with E-state index >= 15 is 0 Å².